The number of nitrogens with zero attached hydrogens (tertiary/aromatic N) is 1. The second-order valence-electron chi connectivity index (χ2n) is 4.26. The van der Waals surface area contributed by atoms with E-state index in [0.29, 0.717) is 0 Å². The molecule has 16 heavy (non-hydrogen) atoms. The summed E-state index contributed by atoms with van der Waals surface area (Å²) < 4.78 is 5.02. The van der Waals surface area contributed by atoms with E-state index < -0.39 is 0 Å². The van der Waals surface area contributed by atoms with Gasteiger partial charge in [-0.05, 0) is 31.0 Å². The molecule has 0 saturated heterocycles. The van der Waals surface area contributed by atoms with E-state index in [1.807, 2.05) is 0 Å². The van der Waals surface area contributed by atoms with E-state index in [0.717, 1.165) is 19.6 Å². The summed E-state index contributed by atoms with van der Waals surface area (Å²) in [6.45, 7) is 3.68. The predicted octanol–water partition coefficient (Wildman–Crippen LogP) is 1.80. The first-order valence-electron chi connectivity index (χ1n) is 5.66. The van der Waals surface area contributed by atoms with E-state index in [9.17, 15) is 0 Å². The molecule has 90 valence electrons. The molecule has 0 heterocycles. The van der Waals surface area contributed by atoms with Gasteiger partial charge in [-0.3, -0.25) is 0 Å². The molecule has 3 nitrogen and oxygen atoms in total. The highest BCUT2D eigenvalue weighted by Crippen LogP contribution is 2.14. The van der Waals surface area contributed by atoms with Crippen molar-refractivity contribution in [1.29, 1.82) is 0 Å². The fraction of sp³-hybridized carbons (Fsp3) is 0.538. The Morgan fingerprint density at radius 2 is 2.19 bits per heavy atom. The second-order valence-corrected chi connectivity index (χ2v) is 4.26. The lowest BCUT2D eigenvalue weighted by atomic mass is 10.2. The second kappa shape index (κ2) is 6.51. The molecule has 1 atom stereocenters. The summed E-state index contributed by atoms with van der Waals surface area (Å²) in [5, 5.41) is 0. The number of benzene rings is 1. The van der Waals surface area contributed by atoms with Gasteiger partial charge in [0.2, 0.25) is 0 Å². The van der Waals surface area contributed by atoms with Gasteiger partial charge in [-0.1, -0.05) is 12.1 Å². The number of nitrogens with two attached hydrogens (primary N) is 1. The summed E-state index contributed by atoms with van der Waals surface area (Å²) in [7, 11) is 3.78. The molecule has 0 spiro atoms. The average molecular weight is 222 g/mol. The highest BCUT2D eigenvalue weighted by atomic mass is 16.5. The van der Waals surface area contributed by atoms with Gasteiger partial charge in [-0.15, -0.1) is 0 Å². The standard InChI is InChI=1S/C13H22N2O/c1-11-5-4-6-13(9-11)15(2)10-12(14)7-8-16-3/h4-6,9,12H,7-8,10,14H2,1-3H3. The quantitative estimate of drug-likeness (QED) is 0.797. The first kappa shape index (κ1) is 13.0. The van der Waals surface area contributed by atoms with Crippen LogP contribution in [-0.4, -0.2) is 33.4 Å². The molecule has 0 aliphatic rings. The number of likely N-dealkylation sites (N-methyl/N-ethyl adjacent to an activating group) is 1. The van der Waals surface area contributed by atoms with E-state index in [1.165, 1.54) is 11.3 Å². The third-order valence-electron chi connectivity index (χ3n) is 2.64. The zero-order chi connectivity index (χ0) is 12.0. The molecular weight excluding hydrogens is 200 g/mol. The Bertz CT molecular complexity index is 315. The average Bonchev–Trinajstić information content (AvgIpc) is 2.26. The van der Waals surface area contributed by atoms with Crippen LogP contribution in [0.15, 0.2) is 24.3 Å². The smallest absolute Gasteiger partial charge is 0.0477 e. The molecule has 1 unspecified atom stereocenters. The first-order valence-corrected chi connectivity index (χ1v) is 5.66. The van der Waals surface area contributed by atoms with Crippen molar-refractivity contribution in [3.8, 4) is 0 Å². The zero-order valence-corrected chi connectivity index (χ0v) is 10.4. The van der Waals surface area contributed by atoms with Crippen molar-refractivity contribution in [2.24, 2.45) is 5.73 Å². The Balaban J connectivity index is 2.48. The number of methoxy groups -OCH3 is 1. The Kier molecular flexibility index (Phi) is 5.29. The normalized spacial score (nSPS) is 12.5. The third-order valence-corrected chi connectivity index (χ3v) is 2.64. The van der Waals surface area contributed by atoms with Crippen molar-refractivity contribution < 1.29 is 4.74 Å². The minimum Gasteiger partial charge on any atom is -0.385 e. The van der Waals surface area contributed by atoms with Crippen LogP contribution < -0.4 is 10.6 Å². The van der Waals surface area contributed by atoms with Crippen molar-refractivity contribution in [2.75, 3.05) is 32.2 Å². The molecule has 0 aliphatic heterocycles. The highest BCUT2D eigenvalue weighted by Gasteiger charge is 2.07. The number of anilines is 1. The molecule has 0 aliphatic carbocycles. The van der Waals surface area contributed by atoms with Gasteiger partial charge in [0.05, 0.1) is 0 Å². The number of hydrogen-bond acceptors (Lipinski definition) is 3. The lowest BCUT2D eigenvalue weighted by Crippen LogP contribution is -2.36. The van der Waals surface area contributed by atoms with Crippen LogP contribution in [0.3, 0.4) is 0 Å². The van der Waals surface area contributed by atoms with Gasteiger partial charge in [0.15, 0.2) is 0 Å². The van der Waals surface area contributed by atoms with Crippen molar-refractivity contribution >= 4 is 5.69 Å². The molecule has 0 fully saturated rings. The largest absolute Gasteiger partial charge is 0.385 e. The first-order chi connectivity index (χ1) is 7.63. The lowest BCUT2D eigenvalue weighted by molar-refractivity contribution is 0.188. The van der Waals surface area contributed by atoms with Crippen molar-refractivity contribution in [3.05, 3.63) is 29.8 Å². The Hall–Kier alpha value is -1.06. The van der Waals surface area contributed by atoms with Gasteiger partial charge in [0.1, 0.15) is 0 Å². The van der Waals surface area contributed by atoms with Gasteiger partial charge < -0.3 is 15.4 Å². The van der Waals surface area contributed by atoms with E-state index >= 15 is 0 Å². The molecule has 0 radical (unpaired) electrons. The van der Waals surface area contributed by atoms with E-state index in [1.54, 1.807) is 7.11 Å². The molecule has 1 rings (SSSR count). The summed E-state index contributed by atoms with van der Waals surface area (Å²) in [6.07, 6.45) is 0.895. The van der Waals surface area contributed by atoms with Crippen LogP contribution in [0.25, 0.3) is 0 Å². The molecule has 3 heteroatoms. The maximum atomic E-state index is 6.01. The maximum Gasteiger partial charge on any atom is 0.0477 e. The Labute approximate surface area is 98.2 Å². The SMILES string of the molecule is COCCC(N)CN(C)c1cccc(C)c1. The molecule has 1 aromatic carbocycles. The molecule has 0 saturated carbocycles. The zero-order valence-electron chi connectivity index (χ0n) is 10.4. The summed E-state index contributed by atoms with van der Waals surface area (Å²) in [6, 6.07) is 8.61. The lowest BCUT2D eigenvalue weighted by Gasteiger charge is -2.23. The van der Waals surface area contributed by atoms with Gasteiger partial charge in [-0.2, -0.15) is 0 Å². The Morgan fingerprint density at radius 1 is 1.44 bits per heavy atom. The summed E-state index contributed by atoms with van der Waals surface area (Å²) in [5.74, 6) is 0. The fourth-order valence-corrected chi connectivity index (χ4v) is 1.68. The number of rotatable bonds is 6. The van der Waals surface area contributed by atoms with Gasteiger partial charge in [0.25, 0.3) is 0 Å². The van der Waals surface area contributed by atoms with E-state index in [4.69, 9.17) is 10.5 Å². The summed E-state index contributed by atoms with van der Waals surface area (Å²) in [4.78, 5) is 2.19. The fourth-order valence-electron chi connectivity index (χ4n) is 1.68. The number of aryl methyl sites for hydroxylation is 1. The van der Waals surface area contributed by atoms with Gasteiger partial charge in [-0.25, -0.2) is 0 Å². The van der Waals surface area contributed by atoms with Crippen molar-refractivity contribution in [2.45, 2.75) is 19.4 Å². The van der Waals surface area contributed by atoms with Crippen molar-refractivity contribution in [1.82, 2.24) is 0 Å². The summed E-state index contributed by atoms with van der Waals surface area (Å²) >= 11 is 0. The molecule has 0 bridgehead atoms. The van der Waals surface area contributed by atoms with E-state index in [2.05, 4.69) is 43.1 Å². The monoisotopic (exact) mass is 222 g/mol. The molecule has 0 aromatic heterocycles. The molecular formula is C13H22N2O. The minimum atomic E-state index is 0.158. The van der Waals surface area contributed by atoms with Crippen LogP contribution in [0.4, 0.5) is 5.69 Å². The number of ether oxygens (including phenoxy) is 1. The van der Waals surface area contributed by atoms with Crippen LogP contribution in [0.2, 0.25) is 0 Å². The van der Waals surface area contributed by atoms with Crippen LogP contribution >= 0.6 is 0 Å². The Morgan fingerprint density at radius 3 is 2.81 bits per heavy atom. The highest BCUT2D eigenvalue weighted by molar-refractivity contribution is 5.47. The third kappa shape index (κ3) is 4.21. The van der Waals surface area contributed by atoms with Crippen LogP contribution in [0, 0.1) is 6.92 Å². The van der Waals surface area contributed by atoms with Gasteiger partial charge in [0, 0.05) is 39.0 Å². The van der Waals surface area contributed by atoms with Crippen LogP contribution in [0.1, 0.15) is 12.0 Å². The maximum absolute atomic E-state index is 6.01. The molecule has 0 amide bonds. The summed E-state index contributed by atoms with van der Waals surface area (Å²) in [5.41, 5.74) is 8.50. The topological polar surface area (TPSA) is 38.5 Å². The molecule has 1 aromatic rings. The minimum absolute atomic E-state index is 0.158. The van der Waals surface area contributed by atoms with Gasteiger partial charge >= 0.3 is 0 Å². The van der Waals surface area contributed by atoms with E-state index in [-0.39, 0.29) is 6.04 Å². The number of hydrogen-bond donors (Lipinski definition) is 1. The van der Waals surface area contributed by atoms with Crippen LogP contribution in [-0.2, 0) is 4.74 Å². The molecule has 2 N–H and O–H groups in total. The van der Waals surface area contributed by atoms with Crippen molar-refractivity contribution in [3.63, 3.8) is 0 Å². The van der Waals surface area contributed by atoms with Crippen LogP contribution in [0.5, 0.6) is 0 Å². The predicted molar refractivity (Wildman–Crippen MR) is 68.9 cm³/mol.